The van der Waals surface area contributed by atoms with Crippen molar-refractivity contribution in [3.63, 3.8) is 0 Å². The Morgan fingerprint density at radius 2 is 1.50 bits per heavy atom. The highest BCUT2D eigenvalue weighted by atomic mass is 14.7. The van der Waals surface area contributed by atoms with Gasteiger partial charge in [0.25, 0.3) is 0 Å². The normalized spacial score (nSPS) is 17.4. The van der Waals surface area contributed by atoms with Crippen LogP contribution in [0.1, 0.15) is 33.6 Å². The Bertz CT molecular complexity index is 79.3. The molecule has 0 bridgehead atoms. The summed E-state index contributed by atoms with van der Waals surface area (Å²) in [5, 5.41) is 0. The fourth-order valence-corrected chi connectivity index (χ4v) is 0.789. The Morgan fingerprint density at radius 1 is 1.00 bits per heavy atom. The first kappa shape index (κ1) is 9.92. The molecule has 0 radical (unpaired) electrons. The highest BCUT2D eigenvalue weighted by molar-refractivity contribution is 4.67. The van der Waals surface area contributed by atoms with E-state index in [-0.39, 0.29) is 0 Å². The quantitative estimate of drug-likeness (QED) is 0.620. The Hall–Kier alpha value is -0.0800. The van der Waals surface area contributed by atoms with E-state index in [1.165, 1.54) is 0 Å². The molecule has 0 spiro atoms. The number of rotatable bonds is 4. The van der Waals surface area contributed by atoms with E-state index in [1.807, 2.05) is 6.92 Å². The average Bonchev–Trinajstić information content (AvgIpc) is 1.82. The Kier molecular flexibility index (Phi) is 4.65. The third kappa shape index (κ3) is 4.77. The second kappa shape index (κ2) is 4.69. The molecule has 0 aliphatic carbocycles. The van der Waals surface area contributed by atoms with Crippen molar-refractivity contribution >= 4 is 0 Å². The van der Waals surface area contributed by atoms with Gasteiger partial charge in [-0.3, -0.25) is 0 Å². The Labute approximate surface area is 64.0 Å². The van der Waals surface area contributed by atoms with Crippen LogP contribution >= 0.6 is 0 Å². The van der Waals surface area contributed by atoms with Crippen LogP contribution in [0.25, 0.3) is 0 Å². The second-order valence-electron chi connectivity index (χ2n) is 3.46. The predicted molar refractivity (Wildman–Crippen MR) is 45.7 cm³/mol. The van der Waals surface area contributed by atoms with Gasteiger partial charge in [-0.1, -0.05) is 13.8 Å². The summed E-state index contributed by atoms with van der Waals surface area (Å²) in [5.41, 5.74) is 11.4. The van der Waals surface area contributed by atoms with Crippen molar-refractivity contribution in [2.24, 2.45) is 17.4 Å². The average molecular weight is 144 g/mol. The molecule has 0 heterocycles. The van der Waals surface area contributed by atoms with Gasteiger partial charge in [0.05, 0.1) is 0 Å². The molecule has 0 rings (SSSR count). The molecular weight excluding hydrogens is 124 g/mol. The minimum absolute atomic E-state index is 0.296. The molecule has 2 unspecified atom stereocenters. The zero-order chi connectivity index (χ0) is 8.15. The van der Waals surface area contributed by atoms with Crippen molar-refractivity contribution in [2.45, 2.75) is 45.7 Å². The molecule has 2 atom stereocenters. The minimum Gasteiger partial charge on any atom is -0.328 e. The molecular formula is C8H20N2. The van der Waals surface area contributed by atoms with Crippen LogP contribution in [0.15, 0.2) is 0 Å². The van der Waals surface area contributed by atoms with Gasteiger partial charge < -0.3 is 11.5 Å². The highest BCUT2D eigenvalue weighted by Crippen LogP contribution is 2.06. The van der Waals surface area contributed by atoms with Gasteiger partial charge in [-0.2, -0.15) is 0 Å². The largest absolute Gasteiger partial charge is 0.328 e. The van der Waals surface area contributed by atoms with Gasteiger partial charge in [-0.25, -0.2) is 0 Å². The van der Waals surface area contributed by atoms with Gasteiger partial charge in [0, 0.05) is 12.1 Å². The van der Waals surface area contributed by atoms with Crippen LogP contribution in [0.3, 0.4) is 0 Å². The molecule has 0 saturated carbocycles. The van der Waals surface area contributed by atoms with Crippen LogP contribution in [0.4, 0.5) is 0 Å². The van der Waals surface area contributed by atoms with Crippen LogP contribution < -0.4 is 11.5 Å². The molecule has 0 saturated heterocycles. The van der Waals surface area contributed by atoms with Crippen LogP contribution in [0.5, 0.6) is 0 Å². The standard InChI is InChI=1S/C8H20N2/c1-6(2)8(10)5-4-7(3)9/h6-8H,4-5,9-10H2,1-3H3. The van der Waals surface area contributed by atoms with Crippen LogP contribution in [0, 0.1) is 5.92 Å². The molecule has 10 heavy (non-hydrogen) atoms. The summed E-state index contributed by atoms with van der Waals surface area (Å²) < 4.78 is 0. The van der Waals surface area contributed by atoms with E-state index in [0.717, 1.165) is 12.8 Å². The fraction of sp³-hybridized carbons (Fsp3) is 1.00. The maximum atomic E-state index is 5.81. The first-order valence-corrected chi connectivity index (χ1v) is 4.05. The van der Waals surface area contributed by atoms with Crippen LogP contribution in [0.2, 0.25) is 0 Å². The van der Waals surface area contributed by atoms with E-state index >= 15 is 0 Å². The van der Waals surface area contributed by atoms with E-state index in [0.29, 0.717) is 18.0 Å². The topological polar surface area (TPSA) is 52.0 Å². The predicted octanol–water partition coefficient (Wildman–Crippen LogP) is 1.10. The summed E-state index contributed by atoms with van der Waals surface area (Å²) in [5.74, 6) is 0.582. The first-order valence-electron chi connectivity index (χ1n) is 4.05. The molecule has 0 aromatic carbocycles. The maximum Gasteiger partial charge on any atom is 0.00624 e. The lowest BCUT2D eigenvalue weighted by Crippen LogP contribution is -2.28. The van der Waals surface area contributed by atoms with Crippen molar-refractivity contribution < 1.29 is 0 Å². The molecule has 0 fully saturated rings. The van der Waals surface area contributed by atoms with E-state index in [2.05, 4.69) is 13.8 Å². The maximum absolute atomic E-state index is 5.81. The van der Waals surface area contributed by atoms with E-state index in [4.69, 9.17) is 11.5 Å². The number of nitrogens with two attached hydrogens (primary N) is 2. The second-order valence-corrected chi connectivity index (χ2v) is 3.46. The Balaban J connectivity index is 3.30. The third-order valence-corrected chi connectivity index (χ3v) is 1.81. The highest BCUT2D eigenvalue weighted by Gasteiger charge is 2.07. The molecule has 2 nitrogen and oxygen atoms in total. The molecule has 0 aliphatic rings. The lowest BCUT2D eigenvalue weighted by molar-refractivity contribution is 0.436. The van der Waals surface area contributed by atoms with Crippen molar-refractivity contribution in [3.8, 4) is 0 Å². The van der Waals surface area contributed by atoms with Gasteiger partial charge in [0.15, 0.2) is 0 Å². The summed E-state index contributed by atoms with van der Waals surface area (Å²) in [7, 11) is 0. The van der Waals surface area contributed by atoms with Crippen LogP contribution in [-0.4, -0.2) is 12.1 Å². The molecule has 0 aromatic heterocycles. The molecule has 2 heteroatoms. The lowest BCUT2D eigenvalue weighted by atomic mass is 9.99. The smallest absolute Gasteiger partial charge is 0.00624 e. The third-order valence-electron chi connectivity index (χ3n) is 1.81. The van der Waals surface area contributed by atoms with Crippen molar-refractivity contribution in [1.29, 1.82) is 0 Å². The minimum atomic E-state index is 0.296. The number of hydrogen-bond donors (Lipinski definition) is 2. The molecule has 4 N–H and O–H groups in total. The van der Waals surface area contributed by atoms with E-state index in [9.17, 15) is 0 Å². The Morgan fingerprint density at radius 3 is 1.80 bits per heavy atom. The van der Waals surface area contributed by atoms with Crippen molar-refractivity contribution in [2.75, 3.05) is 0 Å². The summed E-state index contributed by atoms with van der Waals surface area (Å²) in [4.78, 5) is 0. The molecule has 62 valence electrons. The molecule has 0 aliphatic heterocycles. The number of hydrogen-bond acceptors (Lipinski definition) is 2. The van der Waals surface area contributed by atoms with Crippen molar-refractivity contribution in [1.82, 2.24) is 0 Å². The lowest BCUT2D eigenvalue weighted by Gasteiger charge is -2.16. The summed E-state index contributed by atoms with van der Waals surface area (Å²) in [6.45, 7) is 6.31. The van der Waals surface area contributed by atoms with Crippen molar-refractivity contribution in [3.05, 3.63) is 0 Å². The van der Waals surface area contributed by atoms with Gasteiger partial charge in [-0.15, -0.1) is 0 Å². The van der Waals surface area contributed by atoms with E-state index < -0.39 is 0 Å². The van der Waals surface area contributed by atoms with Gasteiger partial charge in [0.1, 0.15) is 0 Å². The monoisotopic (exact) mass is 144 g/mol. The molecule has 0 aromatic rings. The SMILES string of the molecule is CC(N)CCC(N)C(C)C. The fourth-order valence-electron chi connectivity index (χ4n) is 0.789. The van der Waals surface area contributed by atoms with Gasteiger partial charge in [0.2, 0.25) is 0 Å². The van der Waals surface area contributed by atoms with Crippen LogP contribution in [-0.2, 0) is 0 Å². The van der Waals surface area contributed by atoms with Gasteiger partial charge in [-0.05, 0) is 25.7 Å². The van der Waals surface area contributed by atoms with Gasteiger partial charge >= 0.3 is 0 Å². The zero-order valence-electron chi connectivity index (χ0n) is 7.30. The molecule has 0 amide bonds. The summed E-state index contributed by atoms with van der Waals surface area (Å²) >= 11 is 0. The van der Waals surface area contributed by atoms with E-state index in [1.54, 1.807) is 0 Å². The zero-order valence-corrected chi connectivity index (χ0v) is 7.30. The summed E-state index contributed by atoms with van der Waals surface area (Å²) in [6, 6.07) is 0.621. The first-order chi connectivity index (χ1) is 4.54. The summed E-state index contributed by atoms with van der Waals surface area (Å²) in [6.07, 6.45) is 2.09.